The van der Waals surface area contributed by atoms with Crippen LogP contribution in [0.3, 0.4) is 0 Å². The van der Waals surface area contributed by atoms with Crippen LogP contribution >= 0.6 is 0 Å². The van der Waals surface area contributed by atoms with Crippen molar-refractivity contribution < 1.29 is 5.11 Å². The molecule has 0 aromatic carbocycles. The molecule has 1 aromatic heterocycles. The van der Waals surface area contributed by atoms with Crippen molar-refractivity contribution in [3.05, 3.63) is 33.7 Å². The predicted octanol–water partition coefficient (Wildman–Crippen LogP) is 1.11. The fourth-order valence-corrected chi connectivity index (χ4v) is 2.43. The largest absolute Gasteiger partial charge is 0.396 e. The number of aromatic nitrogens is 1. The smallest absolute Gasteiger partial charge is 0.248 e. The van der Waals surface area contributed by atoms with Crippen LogP contribution in [0.4, 0.5) is 0 Å². The van der Waals surface area contributed by atoms with E-state index in [0.29, 0.717) is 6.04 Å². The van der Waals surface area contributed by atoms with Crippen LogP contribution in [-0.4, -0.2) is 23.2 Å². The van der Waals surface area contributed by atoms with Crippen LogP contribution in [-0.2, 0) is 6.42 Å². The summed E-state index contributed by atoms with van der Waals surface area (Å²) in [6.45, 7) is 1.18. The minimum atomic E-state index is -0.00956. The molecule has 0 spiro atoms. The molecule has 1 heterocycles. The minimum absolute atomic E-state index is 0.00956. The van der Waals surface area contributed by atoms with Gasteiger partial charge in [0.25, 0.3) is 0 Å². The van der Waals surface area contributed by atoms with Crippen molar-refractivity contribution in [2.45, 2.75) is 38.1 Å². The lowest BCUT2D eigenvalue weighted by Gasteiger charge is -2.26. The quantitative estimate of drug-likeness (QED) is 0.671. The molecule has 94 valence electrons. The Morgan fingerprint density at radius 1 is 1.41 bits per heavy atom. The maximum Gasteiger partial charge on any atom is 0.248 e. The van der Waals surface area contributed by atoms with Gasteiger partial charge in [-0.2, -0.15) is 0 Å². The Morgan fingerprint density at radius 2 is 2.29 bits per heavy atom. The Balaban J connectivity index is 1.99. The number of fused-ring (bicyclic) bond motifs is 1. The van der Waals surface area contributed by atoms with Crippen LogP contribution in [0.25, 0.3) is 0 Å². The average molecular weight is 236 g/mol. The van der Waals surface area contributed by atoms with Gasteiger partial charge in [-0.05, 0) is 44.2 Å². The van der Waals surface area contributed by atoms with Gasteiger partial charge in [0.2, 0.25) is 5.56 Å². The molecule has 3 N–H and O–H groups in total. The highest BCUT2D eigenvalue weighted by Gasteiger charge is 2.19. The van der Waals surface area contributed by atoms with Crippen LogP contribution in [0, 0.1) is 0 Å². The van der Waals surface area contributed by atoms with Gasteiger partial charge in [-0.1, -0.05) is 6.07 Å². The number of hydrogen-bond acceptors (Lipinski definition) is 3. The van der Waals surface area contributed by atoms with Gasteiger partial charge in [0, 0.05) is 24.4 Å². The van der Waals surface area contributed by atoms with Crippen LogP contribution < -0.4 is 10.9 Å². The van der Waals surface area contributed by atoms with Gasteiger partial charge in [-0.15, -0.1) is 0 Å². The zero-order valence-corrected chi connectivity index (χ0v) is 10.0. The molecule has 0 bridgehead atoms. The summed E-state index contributed by atoms with van der Waals surface area (Å²) in [6.07, 6.45) is 5.05. The monoisotopic (exact) mass is 236 g/mol. The van der Waals surface area contributed by atoms with E-state index in [1.54, 1.807) is 6.07 Å². The molecule has 4 heteroatoms. The number of rotatable bonds is 5. The summed E-state index contributed by atoms with van der Waals surface area (Å²) in [5.74, 6) is 0. The topological polar surface area (TPSA) is 65.1 Å². The first kappa shape index (κ1) is 12.3. The zero-order valence-electron chi connectivity index (χ0n) is 10.0. The molecule has 1 unspecified atom stereocenters. The molecular formula is C13H20N2O2. The molecule has 1 aromatic rings. The van der Waals surface area contributed by atoms with Gasteiger partial charge < -0.3 is 15.4 Å². The van der Waals surface area contributed by atoms with Crippen molar-refractivity contribution in [3.63, 3.8) is 0 Å². The lowest BCUT2D eigenvalue weighted by Crippen LogP contribution is -2.28. The Bertz CT molecular complexity index is 414. The molecule has 0 fully saturated rings. The summed E-state index contributed by atoms with van der Waals surface area (Å²) in [4.78, 5) is 14.2. The van der Waals surface area contributed by atoms with Crippen LogP contribution in [0.1, 0.15) is 43.0 Å². The first-order chi connectivity index (χ1) is 8.31. The second-order valence-corrected chi connectivity index (χ2v) is 4.59. The van der Waals surface area contributed by atoms with E-state index >= 15 is 0 Å². The minimum Gasteiger partial charge on any atom is -0.396 e. The standard InChI is InChI=1S/C13H20N2O2/c16-9-2-1-8-14-11-4-3-5-12-10(11)6-7-13(17)15-12/h6-7,11,14,16H,1-5,8-9H2,(H,15,17). The number of hydrogen-bond donors (Lipinski definition) is 3. The molecule has 0 amide bonds. The lowest BCUT2D eigenvalue weighted by atomic mass is 9.91. The van der Waals surface area contributed by atoms with Crippen molar-refractivity contribution >= 4 is 0 Å². The molecule has 1 atom stereocenters. The van der Waals surface area contributed by atoms with Gasteiger partial charge in [0.1, 0.15) is 0 Å². The Morgan fingerprint density at radius 3 is 3.12 bits per heavy atom. The third-order valence-electron chi connectivity index (χ3n) is 3.31. The number of unbranched alkanes of at least 4 members (excludes halogenated alkanes) is 1. The van der Waals surface area contributed by atoms with E-state index in [1.165, 1.54) is 5.56 Å². The van der Waals surface area contributed by atoms with Gasteiger partial charge >= 0.3 is 0 Å². The predicted molar refractivity (Wildman–Crippen MR) is 67.1 cm³/mol. The second-order valence-electron chi connectivity index (χ2n) is 4.59. The first-order valence-corrected chi connectivity index (χ1v) is 6.37. The third kappa shape index (κ3) is 3.17. The Labute approximate surface area is 101 Å². The van der Waals surface area contributed by atoms with E-state index in [9.17, 15) is 4.79 Å². The van der Waals surface area contributed by atoms with Crippen LogP contribution in [0.2, 0.25) is 0 Å². The fraction of sp³-hybridized carbons (Fsp3) is 0.615. The summed E-state index contributed by atoms with van der Waals surface area (Å²) < 4.78 is 0. The fourth-order valence-electron chi connectivity index (χ4n) is 2.43. The van der Waals surface area contributed by atoms with Crippen molar-refractivity contribution in [3.8, 4) is 0 Å². The van der Waals surface area contributed by atoms with E-state index in [1.807, 2.05) is 6.07 Å². The number of aliphatic hydroxyl groups excluding tert-OH is 1. The number of aromatic amines is 1. The zero-order chi connectivity index (χ0) is 12.1. The summed E-state index contributed by atoms with van der Waals surface area (Å²) >= 11 is 0. The number of aryl methyl sites for hydroxylation is 1. The molecule has 17 heavy (non-hydrogen) atoms. The number of nitrogens with one attached hydrogen (secondary N) is 2. The maximum atomic E-state index is 11.2. The van der Waals surface area contributed by atoms with Gasteiger partial charge in [-0.25, -0.2) is 0 Å². The maximum absolute atomic E-state index is 11.2. The Kier molecular flexibility index (Phi) is 4.34. The van der Waals surface area contributed by atoms with Crippen molar-refractivity contribution in [2.24, 2.45) is 0 Å². The molecule has 0 saturated carbocycles. The first-order valence-electron chi connectivity index (χ1n) is 6.37. The van der Waals surface area contributed by atoms with Crippen LogP contribution in [0.5, 0.6) is 0 Å². The second kappa shape index (κ2) is 5.98. The van der Waals surface area contributed by atoms with E-state index in [-0.39, 0.29) is 12.2 Å². The summed E-state index contributed by atoms with van der Waals surface area (Å²) in [7, 11) is 0. The van der Waals surface area contributed by atoms with Crippen molar-refractivity contribution in [1.82, 2.24) is 10.3 Å². The number of pyridine rings is 1. The number of H-pyrrole nitrogens is 1. The van der Waals surface area contributed by atoms with Gasteiger partial charge in [-0.3, -0.25) is 4.79 Å². The lowest BCUT2D eigenvalue weighted by molar-refractivity contribution is 0.282. The highest BCUT2D eigenvalue weighted by atomic mass is 16.2. The van der Waals surface area contributed by atoms with Crippen molar-refractivity contribution in [1.29, 1.82) is 0 Å². The van der Waals surface area contributed by atoms with Crippen molar-refractivity contribution in [2.75, 3.05) is 13.2 Å². The van der Waals surface area contributed by atoms with E-state index in [4.69, 9.17) is 5.11 Å². The van der Waals surface area contributed by atoms with Gasteiger partial charge in [0.05, 0.1) is 0 Å². The third-order valence-corrected chi connectivity index (χ3v) is 3.31. The van der Waals surface area contributed by atoms with Crippen LogP contribution in [0.15, 0.2) is 16.9 Å². The highest BCUT2D eigenvalue weighted by Crippen LogP contribution is 2.27. The summed E-state index contributed by atoms with van der Waals surface area (Å²) in [5, 5.41) is 12.2. The van der Waals surface area contributed by atoms with Gasteiger partial charge in [0.15, 0.2) is 0 Å². The summed E-state index contributed by atoms with van der Waals surface area (Å²) in [6, 6.07) is 3.90. The molecule has 4 nitrogen and oxygen atoms in total. The number of aliphatic hydroxyl groups is 1. The molecule has 1 aliphatic carbocycles. The molecule has 1 aliphatic rings. The summed E-state index contributed by atoms with van der Waals surface area (Å²) in [5.41, 5.74) is 2.31. The SMILES string of the molecule is O=c1ccc2c([nH]1)CCCC2NCCCCO. The van der Waals surface area contributed by atoms with E-state index in [0.717, 1.165) is 44.3 Å². The molecular weight excluding hydrogens is 216 g/mol. The normalized spacial score (nSPS) is 19.0. The van der Waals surface area contributed by atoms with E-state index in [2.05, 4.69) is 10.3 Å². The molecule has 0 saturated heterocycles. The molecule has 2 rings (SSSR count). The Hall–Kier alpha value is -1.13. The highest BCUT2D eigenvalue weighted by molar-refractivity contribution is 5.26. The van der Waals surface area contributed by atoms with E-state index < -0.39 is 0 Å². The average Bonchev–Trinajstić information content (AvgIpc) is 2.34. The molecule has 0 radical (unpaired) electrons. The molecule has 0 aliphatic heterocycles.